The Bertz CT molecular complexity index is 900. The molecule has 2 rings (SSSR count). The molecule has 2 aromatic carbocycles. The van der Waals surface area contributed by atoms with E-state index >= 15 is 0 Å². The molecule has 0 aliphatic carbocycles. The highest BCUT2D eigenvalue weighted by Crippen LogP contribution is 2.30. The molecule has 0 aliphatic heterocycles. The fourth-order valence-corrected chi connectivity index (χ4v) is 3.28. The molecule has 2 aromatic rings. The van der Waals surface area contributed by atoms with Gasteiger partial charge in [-0.3, -0.25) is 14.8 Å². The van der Waals surface area contributed by atoms with E-state index in [9.17, 15) is 22.9 Å². The van der Waals surface area contributed by atoms with Crippen LogP contribution in [0.5, 0.6) is 0 Å². The lowest BCUT2D eigenvalue weighted by Crippen LogP contribution is -2.14. The zero-order chi connectivity index (χ0) is 17.4. The van der Waals surface area contributed by atoms with Crippen molar-refractivity contribution in [1.29, 1.82) is 0 Å². The molecule has 0 amide bonds. The number of anilines is 1. The molecule has 23 heavy (non-hydrogen) atoms. The Morgan fingerprint density at radius 3 is 2.43 bits per heavy atom. The largest absolute Gasteiger partial charge is 0.277 e. The molecule has 9 heteroatoms. The molecule has 0 radical (unpaired) electrons. The molecule has 6 nitrogen and oxygen atoms in total. The number of nitro benzene ring substituents is 1. The second-order valence-corrected chi connectivity index (χ2v) is 6.98. The number of nitrogens with one attached hydrogen (secondary N) is 1. The van der Waals surface area contributed by atoms with Crippen LogP contribution in [-0.4, -0.2) is 13.3 Å². The lowest BCUT2D eigenvalue weighted by atomic mass is 10.2. The Kier molecular flexibility index (Phi) is 4.58. The van der Waals surface area contributed by atoms with Crippen LogP contribution in [0.2, 0.25) is 5.02 Å². The van der Waals surface area contributed by atoms with Gasteiger partial charge in [-0.25, -0.2) is 12.8 Å². The zero-order valence-electron chi connectivity index (χ0n) is 12.1. The predicted octanol–water partition coefficient (Wildman–Crippen LogP) is 3.80. The van der Waals surface area contributed by atoms with Crippen LogP contribution in [0, 0.1) is 29.8 Å². The Labute approximate surface area is 137 Å². The van der Waals surface area contributed by atoms with E-state index < -0.39 is 31.3 Å². The summed E-state index contributed by atoms with van der Waals surface area (Å²) < 4.78 is 40.5. The number of sulfonamides is 1. The highest BCUT2D eigenvalue weighted by Gasteiger charge is 2.23. The van der Waals surface area contributed by atoms with Gasteiger partial charge in [-0.1, -0.05) is 17.7 Å². The molecule has 0 aromatic heterocycles. The molecule has 0 unspecified atom stereocenters. The minimum Gasteiger partial charge on any atom is -0.277 e. The zero-order valence-corrected chi connectivity index (χ0v) is 13.7. The van der Waals surface area contributed by atoms with Crippen molar-refractivity contribution in [1.82, 2.24) is 0 Å². The smallest absolute Gasteiger partial charge is 0.275 e. The Balaban J connectivity index is 2.50. The molecule has 0 heterocycles. The van der Waals surface area contributed by atoms with E-state index in [2.05, 4.69) is 4.72 Å². The highest BCUT2D eigenvalue weighted by molar-refractivity contribution is 7.92. The SMILES string of the molecule is Cc1ccc(NS(=O)(=O)c2cc(Cl)c(C)c([N+](=O)[O-])c2)c(F)c1. The van der Waals surface area contributed by atoms with E-state index in [-0.39, 0.29) is 16.3 Å². The first-order valence-corrected chi connectivity index (χ1v) is 8.21. The fraction of sp³-hybridized carbons (Fsp3) is 0.143. The summed E-state index contributed by atoms with van der Waals surface area (Å²) in [7, 11) is -4.22. The first kappa shape index (κ1) is 17.2. The maximum Gasteiger partial charge on any atom is 0.275 e. The summed E-state index contributed by atoms with van der Waals surface area (Å²) in [6, 6.07) is 5.94. The van der Waals surface area contributed by atoms with Gasteiger partial charge in [0.25, 0.3) is 15.7 Å². The molecule has 0 bridgehead atoms. The summed E-state index contributed by atoms with van der Waals surface area (Å²) in [6.07, 6.45) is 0. The summed E-state index contributed by atoms with van der Waals surface area (Å²) in [5.74, 6) is -0.749. The van der Waals surface area contributed by atoms with Gasteiger partial charge in [0.05, 0.1) is 20.5 Å². The predicted molar refractivity (Wildman–Crippen MR) is 84.8 cm³/mol. The van der Waals surface area contributed by atoms with Crippen molar-refractivity contribution in [3.63, 3.8) is 0 Å². The maximum absolute atomic E-state index is 13.8. The Morgan fingerprint density at radius 1 is 1.22 bits per heavy atom. The van der Waals surface area contributed by atoms with Crippen LogP contribution < -0.4 is 4.72 Å². The molecule has 0 saturated carbocycles. The third kappa shape index (κ3) is 3.59. The summed E-state index contributed by atoms with van der Waals surface area (Å²) >= 11 is 5.85. The van der Waals surface area contributed by atoms with E-state index in [4.69, 9.17) is 11.6 Å². The van der Waals surface area contributed by atoms with Gasteiger partial charge in [-0.2, -0.15) is 0 Å². The third-order valence-electron chi connectivity index (χ3n) is 3.17. The van der Waals surface area contributed by atoms with Gasteiger partial charge in [-0.15, -0.1) is 0 Å². The van der Waals surface area contributed by atoms with E-state index in [0.29, 0.717) is 5.56 Å². The quantitative estimate of drug-likeness (QED) is 0.664. The second kappa shape index (κ2) is 6.13. The lowest BCUT2D eigenvalue weighted by molar-refractivity contribution is -0.385. The van der Waals surface area contributed by atoms with E-state index in [1.165, 1.54) is 25.1 Å². The fourth-order valence-electron chi connectivity index (χ4n) is 1.89. The van der Waals surface area contributed by atoms with E-state index in [1.54, 1.807) is 6.92 Å². The van der Waals surface area contributed by atoms with Crippen LogP contribution in [-0.2, 0) is 10.0 Å². The summed E-state index contributed by atoms with van der Waals surface area (Å²) in [4.78, 5) is 9.83. The Hall–Kier alpha value is -2.19. The lowest BCUT2D eigenvalue weighted by Gasteiger charge is -2.10. The molecular weight excluding hydrogens is 347 g/mol. The molecule has 1 N–H and O–H groups in total. The normalized spacial score (nSPS) is 11.3. The van der Waals surface area contributed by atoms with Crippen molar-refractivity contribution in [2.24, 2.45) is 0 Å². The van der Waals surface area contributed by atoms with Crippen molar-refractivity contribution in [2.75, 3.05) is 4.72 Å². The maximum atomic E-state index is 13.8. The Morgan fingerprint density at radius 2 is 1.87 bits per heavy atom. The van der Waals surface area contributed by atoms with Crippen LogP contribution in [0.3, 0.4) is 0 Å². The average molecular weight is 359 g/mol. The molecule has 0 aliphatic rings. The van der Waals surface area contributed by atoms with Crippen LogP contribution in [0.25, 0.3) is 0 Å². The average Bonchev–Trinajstić information content (AvgIpc) is 2.44. The number of halogens is 2. The van der Waals surface area contributed by atoms with Crippen molar-refractivity contribution < 1.29 is 17.7 Å². The number of rotatable bonds is 4. The number of hydrogen-bond acceptors (Lipinski definition) is 4. The molecule has 0 saturated heterocycles. The van der Waals surface area contributed by atoms with Gasteiger partial charge in [0.2, 0.25) is 0 Å². The minimum atomic E-state index is -4.22. The van der Waals surface area contributed by atoms with Gasteiger partial charge < -0.3 is 0 Å². The van der Waals surface area contributed by atoms with Crippen LogP contribution in [0.4, 0.5) is 15.8 Å². The summed E-state index contributed by atoms with van der Waals surface area (Å²) in [5, 5.41) is 10.9. The topological polar surface area (TPSA) is 89.3 Å². The van der Waals surface area contributed by atoms with Crippen molar-refractivity contribution in [3.8, 4) is 0 Å². The van der Waals surface area contributed by atoms with Gasteiger partial charge in [0.15, 0.2) is 0 Å². The molecular formula is C14H12ClFN2O4S. The summed E-state index contributed by atoms with van der Waals surface area (Å²) in [6.45, 7) is 3.06. The monoisotopic (exact) mass is 358 g/mol. The van der Waals surface area contributed by atoms with Crippen LogP contribution in [0.15, 0.2) is 35.2 Å². The van der Waals surface area contributed by atoms with Crippen LogP contribution in [0.1, 0.15) is 11.1 Å². The molecule has 122 valence electrons. The van der Waals surface area contributed by atoms with Crippen molar-refractivity contribution in [3.05, 3.63) is 62.4 Å². The number of aryl methyl sites for hydroxylation is 1. The number of nitrogens with zero attached hydrogens (tertiary/aromatic N) is 1. The van der Waals surface area contributed by atoms with Crippen molar-refractivity contribution >= 4 is 33.0 Å². The number of hydrogen-bond donors (Lipinski definition) is 1. The van der Waals surface area contributed by atoms with Crippen LogP contribution >= 0.6 is 11.6 Å². The minimum absolute atomic E-state index is 0.0658. The first-order chi connectivity index (χ1) is 10.6. The van der Waals surface area contributed by atoms with E-state index in [1.807, 2.05) is 0 Å². The third-order valence-corrected chi connectivity index (χ3v) is 4.90. The van der Waals surface area contributed by atoms with E-state index in [0.717, 1.165) is 12.1 Å². The number of nitro groups is 1. The van der Waals surface area contributed by atoms with Gasteiger partial charge in [-0.05, 0) is 37.6 Å². The van der Waals surface area contributed by atoms with Gasteiger partial charge in [0.1, 0.15) is 5.82 Å². The molecule has 0 fully saturated rings. The molecule has 0 spiro atoms. The number of benzene rings is 2. The van der Waals surface area contributed by atoms with Crippen molar-refractivity contribution in [2.45, 2.75) is 18.7 Å². The standard InChI is InChI=1S/C14H12ClFN2O4S/c1-8-3-4-13(12(16)5-8)17-23(21,22)10-6-11(15)9(2)14(7-10)18(19)20/h3-7,17H,1-2H3. The second-order valence-electron chi connectivity index (χ2n) is 4.90. The van der Waals surface area contributed by atoms with Gasteiger partial charge in [0, 0.05) is 11.6 Å². The van der Waals surface area contributed by atoms with Gasteiger partial charge >= 0.3 is 0 Å². The molecule has 0 atom stereocenters. The highest BCUT2D eigenvalue weighted by atomic mass is 35.5. The first-order valence-electron chi connectivity index (χ1n) is 6.35. The summed E-state index contributed by atoms with van der Waals surface area (Å²) in [5.41, 5.74) is 0.0915.